The van der Waals surface area contributed by atoms with Crippen LogP contribution in [0.3, 0.4) is 0 Å². The van der Waals surface area contributed by atoms with E-state index in [-0.39, 0.29) is 5.56 Å². The fourth-order valence-electron chi connectivity index (χ4n) is 0.915. The van der Waals surface area contributed by atoms with Gasteiger partial charge in [0.25, 0.3) is 0 Å². The average molecular weight is 150 g/mol. The van der Waals surface area contributed by atoms with Crippen LogP contribution in [-0.4, -0.2) is 4.98 Å². The summed E-state index contributed by atoms with van der Waals surface area (Å²) in [6.07, 6.45) is 0. The Hall–Kier alpha value is -1.43. The minimum Gasteiger partial charge on any atom is -0.257 e. The number of halogens is 1. The quantitative estimate of drug-likeness (QED) is 0.564. The SMILES string of the molecule is Cc1cc(F)c(C#N)c(C)n1. The Morgan fingerprint density at radius 3 is 2.64 bits per heavy atom. The van der Waals surface area contributed by atoms with Gasteiger partial charge in [0.1, 0.15) is 17.4 Å². The molecule has 0 atom stereocenters. The molecule has 0 saturated carbocycles. The number of aromatic nitrogens is 1. The summed E-state index contributed by atoms with van der Waals surface area (Å²) in [4.78, 5) is 3.94. The van der Waals surface area contributed by atoms with Gasteiger partial charge in [-0.3, -0.25) is 4.98 Å². The molecule has 0 aromatic carbocycles. The highest BCUT2D eigenvalue weighted by atomic mass is 19.1. The van der Waals surface area contributed by atoms with Crippen molar-refractivity contribution in [3.05, 3.63) is 28.8 Å². The van der Waals surface area contributed by atoms with Crippen molar-refractivity contribution in [1.29, 1.82) is 5.26 Å². The van der Waals surface area contributed by atoms with Gasteiger partial charge in [0.15, 0.2) is 0 Å². The highest BCUT2D eigenvalue weighted by molar-refractivity contribution is 5.34. The Balaban J connectivity index is 3.40. The molecule has 2 nitrogen and oxygen atoms in total. The lowest BCUT2D eigenvalue weighted by Crippen LogP contribution is -1.94. The predicted molar refractivity (Wildman–Crippen MR) is 38.4 cm³/mol. The van der Waals surface area contributed by atoms with Crippen molar-refractivity contribution in [3.63, 3.8) is 0 Å². The van der Waals surface area contributed by atoms with Gasteiger partial charge in [0, 0.05) is 5.69 Å². The van der Waals surface area contributed by atoms with Crippen molar-refractivity contribution in [2.45, 2.75) is 13.8 Å². The Labute approximate surface area is 64.3 Å². The first kappa shape index (κ1) is 7.67. The summed E-state index contributed by atoms with van der Waals surface area (Å²) < 4.78 is 12.8. The van der Waals surface area contributed by atoms with Crippen molar-refractivity contribution in [3.8, 4) is 6.07 Å². The maximum Gasteiger partial charge on any atom is 0.144 e. The third kappa shape index (κ3) is 1.35. The summed E-state index contributed by atoms with van der Waals surface area (Å²) in [5.74, 6) is -0.488. The van der Waals surface area contributed by atoms with Crippen molar-refractivity contribution < 1.29 is 4.39 Å². The van der Waals surface area contributed by atoms with Gasteiger partial charge in [-0.2, -0.15) is 5.26 Å². The van der Waals surface area contributed by atoms with Crippen LogP contribution in [0.4, 0.5) is 4.39 Å². The van der Waals surface area contributed by atoms with Gasteiger partial charge in [-0.1, -0.05) is 0 Å². The van der Waals surface area contributed by atoms with Gasteiger partial charge in [-0.15, -0.1) is 0 Å². The molecule has 0 saturated heterocycles. The molecule has 0 spiro atoms. The van der Waals surface area contributed by atoms with Crippen LogP contribution in [0.25, 0.3) is 0 Å². The second-order valence-corrected chi connectivity index (χ2v) is 2.32. The molecule has 1 rings (SSSR count). The van der Waals surface area contributed by atoms with Crippen LogP contribution in [0.5, 0.6) is 0 Å². The Morgan fingerprint density at radius 2 is 2.18 bits per heavy atom. The third-order valence-corrected chi connectivity index (χ3v) is 1.39. The number of pyridine rings is 1. The van der Waals surface area contributed by atoms with Gasteiger partial charge < -0.3 is 0 Å². The van der Waals surface area contributed by atoms with Crippen molar-refractivity contribution in [1.82, 2.24) is 4.98 Å². The molecule has 0 bridgehead atoms. The molecule has 0 aliphatic heterocycles. The first-order valence-electron chi connectivity index (χ1n) is 3.19. The summed E-state index contributed by atoms with van der Waals surface area (Å²) in [6, 6.07) is 3.01. The van der Waals surface area contributed by atoms with E-state index in [9.17, 15) is 4.39 Å². The number of nitriles is 1. The largest absolute Gasteiger partial charge is 0.257 e. The standard InChI is InChI=1S/C8H7FN2/c1-5-3-8(9)7(4-10)6(2)11-5/h3H,1-2H3. The molecule has 56 valence electrons. The molecule has 1 aromatic heterocycles. The highest BCUT2D eigenvalue weighted by Gasteiger charge is 2.05. The van der Waals surface area contributed by atoms with Crippen LogP contribution < -0.4 is 0 Å². The molecule has 11 heavy (non-hydrogen) atoms. The molecule has 3 heteroatoms. The number of aryl methyl sites for hydroxylation is 2. The van der Waals surface area contributed by atoms with E-state index in [2.05, 4.69) is 4.98 Å². The van der Waals surface area contributed by atoms with Crippen LogP contribution in [0.2, 0.25) is 0 Å². The monoisotopic (exact) mass is 150 g/mol. The van der Waals surface area contributed by atoms with E-state index in [0.717, 1.165) is 0 Å². The number of hydrogen-bond acceptors (Lipinski definition) is 2. The number of hydrogen-bond donors (Lipinski definition) is 0. The minimum atomic E-state index is -0.488. The lowest BCUT2D eigenvalue weighted by molar-refractivity contribution is 0.617. The van der Waals surface area contributed by atoms with E-state index in [1.165, 1.54) is 6.07 Å². The van der Waals surface area contributed by atoms with E-state index in [1.807, 2.05) is 0 Å². The summed E-state index contributed by atoms with van der Waals surface area (Å²) in [5.41, 5.74) is 1.08. The number of nitrogens with zero attached hydrogens (tertiary/aromatic N) is 2. The molecule has 1 heterocycles. The van der Waals surface area contributed by atoms with E-state index >= 15 is 0 Å². The van der Waals surface area contributed by atoms with Crippen LogP contribution in [0.1, 0.15) is 17.0 Å². The summed E-state index contributed by atoms with van der Waals surface area (Å²) >= 11 is 0. The van der Waals surface area contributed by atoms with Crippen LogP contribution in [0.15, 0.2) is 6.07 Å². The smallest absolute Gasteiger partial charge is 0.144 e. The van der Waals surface area contributed by atoms with Gasteiger partial charge in [0.2, 0.25) is 0 Å². The van der Waals surface area contributed by atoms with Gasteiger partial charge >= 0.3 is 0 Å². The third-order valence-electron chi connectivity index (χ3n) is 1.39. The lowest BCUT2D eigenvalue weighted by atomic mass is 10.2. The van der Waals surface area contributed by atoms with Crippen LogP contribution in [-0.2, 0) is 0 Å². The summed E-state index contributed by atoms with van der Waals surface area (Å²) in [6.45, 7) is 3.31. The summed E-state index contributed by atoms with van der Waals surface area (Å²) in [7, 11) is 0. The second kappa shape index (κ2) is 2.67. The van der Waals surface area contributed by atoms with E-state index in [1.54, 1.807) is 19.9 Å². The average Bonchev–Trinajstić information content (AvgIpc) is 1.85. The first-order valence-corrected chi connectivity index (χ1v) is 3.19. The predicted octanol–water partition coefficient (Wildman–Crippen LogP) is 1.71. The van der Waals surface area contributed by atoms with Crippen molar-refractivity contribution >= 4 is 0 Å². The zero-order chi connectivity index (χ0) is 8.43. The van der Waals surface area contributed by atoms with E-state index < -0.39 is 5.82 Å². The molecule has 0 amide bonds. The highest BCUT2D eigenvalue weighted by Crippen LogP contribution is 2.10. The lowest BCUT2D eigenvalue weighted by Gasteiger charge is -1.98. The second-order valence-electron chi connectivity index (χ2n) is 2.32. The molecule has 0 aliphatic carbocycles. The van der Waals surface area contributed by atoms with Gasteiger partial charge in [0.05, 0.1) is 5.69 Å². The fourth-order valence-corrected chi connectivity index (χ4v) is 0.915. The van der Waals surface area contributed by atoms with E-state index in [0.29, 0.717) is 11.4 Å². The normalized spacial score (nSPS) is 9.27. The number of rotatable bonds is 0. The fraction of sp³-hybridized carbons (Fsp3) is 0.250. The topological polar surface area (TPSA) is 36.7 Å². The maximum absolute atomic E-state index is 12.8. The zero-order valence-corrected chi connectivity index (χ0v) is 6.35. The maximum atomic E-state index is 12.8. The summed E-state index contributed by atoms with van der Waals surface area (Å²) in [5, 5.41) is 8.46. The Morgan fingerprint density at radius 1 is 1.55 bits per heavy atom. The molecule has 0 N–H and O–H groups in total. The molecule has 0 aliphatic rings. The molecule has 0 unspecified atom stereocenters. The van der Waals surface area contributed by atoms with Crippen molar-refractivity contribution in [2.75, 3.05) is 0 Å². The molecular weight excluding hydrogens is 143 g/mol. The van der Waals surface area contributed by atoms with Crippen LogP contribution >= 0.6 is 0 Å². The molecular formula is C8H7FN2. The Bertz CT molecular complexity index is 302. The van der Waals surface area contributed by atoms with Gasteiger partial charge in [-0.25, -0.2) is 4.39 Å². The molecule has 1 aromatic rings. The molecule has 0 fully saturated rings. The zero-order valence-electron chi connectivity index (χ0n) is 6.35. The van der Waals surface area contributed by atoms with Crippen LogP contribution in [0, 0.1) is 31.0 Å². The molecule has 0 radical (unpaired) electrons. The van der Waals surface area contributed by atoms with E-state index in [4.69, 9.17) is 5.26 Å². The first-order chi connectivity index (χ1) is 5.15. The Kier molecular flexibility index (Phi) is 1.86. The minimum absolute atomic E-state index is 0.0376. The van der Waals surface area contributed by atoms with Gasteiger partial charge in [-0.05, 0) is 19.9 Å². The van der Waals surface area contributed by atoms with Crippen molar-refractivity contribution in [2.24, 2.45) is 0 Å².